The van der Waals surface area contributed by atoms with Gasteiger partial charge in [0, 0.05) is 18.0 Å². The Labute approximate surface area is 105 Å². The summed E-state index contributed by atoms with van der Waals surface area (Å²) in [6, 6.07) is 0.326. The summed E-state index contributed by atoms with van der Waals surface area (Å²) in [4.78, 5) is 0. The minimum Gasteiger partial charge on any atom is -0.324 e. The number of alkyl halides is 5. The molecule has 1 nitrogen and oxygen atoms in total. The average Bonchev–Trinajstić information content (AvgIpc) is 2.14. The van der Waals surface area contributed by atoms with E-state index in [9.17, 15) is 26.3 Å². The highest BCUT2D eigenvalue weighted by Crippen LogP contribution is 2.31. The largest absolute Gasteiger partial charge is 0.416 e. The van der Waals surface area contributed by atoms with Gasteiger partial charge in [-0.25, -0.2) is 13.2 Å². The van der Waals surface area contributed by atoms with E-state index < -0.39 is 36.4 Å². The molecule has 0 saturated heterocycles. The van der Waals surface area contributed by atoms with Crippen molar-refractivity contribution < 1.29 is 26.3 Å². The Morgan fingerprint density at radius 3 is 2.11 bits per heavy atom. The fourth-order valence-electron chi connectivity index (χ4n) is 1.32. The van der Waals surface area contributed by atoms with E-state index in [1.54, 1.807) is 0 Å². The van der Waals surface area contributed by atoms with Crippen molar-refractivity contribution in [2.24, 2.45) is 5.73 Å². The van der Waals surface area contributed by atoms with Gasteiger partial charge in [-0.15, -0.1) is 12.4 Å². The highest BCUT2D eigenvalue weighted by Gasteiger charge is 2.31. The van der Waals surface area contributed by atoms with Crippen molar-refractivity contribution in [1.82, 2.24) is 0 Å². The van der Waals surface area contributed by atoms with Crippen LogP contribution in [0.3, 0.4) is 0 Å². The van der Waals surface area contributed by atoms with Gasteiger partial charge >= 0.3 is 6.18 Å². The molecule has 0 amide bonds. The van der Waals surface area contributed by atoms with Crippen LogP contribution in [0, 0.1) is 5.82 Å². The maximum absolute atomic E-state index is 13.3. The third-order valence-corrected chi connectivity index (χ3v) is 2.16. The highest BCUT2D eigenvalue weighted by atomic mass is 35.5. The lowest BCUT2D eigenvalue weighted by atomic mass is 10.0. The van der Waals surface area contributed by atoms with E-state index >= 15 is 0 Å². The van der Waals surface area contributed by atoms with Crippen molar-refractivity contribution in [2.45, 2.75) is 25.1 Å². The average molecular weight is 294 g/mol. The molecule has 0 aliphatic rings. The van der Waals surface area contributed by atoms with Gasteiger partial charge in [-0.05, 0) is 12.1 Å². The van der Waals surface area contributed by atoms with E-state index in [-0.39, 0.29) is 24.0 Å². The van der Waals surface area contributed by atoms with E-state index in [2.05, 4.69) is 0 Å². The van der Waals surface area contributed by atoms with Crippen molar-refractivity contribution in [3.63, 3.8) is 0 Å². The molecule has 0 fully saturated rings. The molecule has 0 unspecified atom stereocenters. The maximum Gasteiger partial charge on any atom is 0.416 e. The predicted octanol–water partition coefficient (Wildman–Crippen LogP) is 3.92. The maximum atomic E-state index is 13.3. The molecule has 0 aromatic heterocycles. The Balaban J connectivity index is 0.00000289. The topological polar surface area (TPSA) is 26.0 Å². The van der Waals surface area contributed by atoms with Crippen molar-refractivity contribution in [2.75, 3.05) is 0 Å². The second-order valence-corrected chi connectivity index (χ2v) is 3.47. The number of rotatable bonds is 3. The second kappa shape index (κ2) is 6.29. The molecule has 2 N–H and O–H groups in total. The third kappa shape index (κ3) is 4.38. The summed E-state index contributed by atoms with van der Waals surface area (Å²) in [5.74, 6) is -1.23. The molecular formula is C10H10ClF6N. The lowest BCUT2D eigenvalue weighted by Crippen LogP contribution is -2.16. The predicted molar refractivity (Wildman–Crippen MR) is 56.2 cm³/mol. The van der Waals surface area contributed by atoms with Crippen molar-refractivity contribution in [1.29, 1.82) is 0 Å². The molecule has 18 heavy (non-hydrogen) atoms. The Morgan fingerprint density at radius 1 is 1.17 bits per heavy atom. The molecule has 0 aliphatic heterocycles. The van der Waals surface area contributed by atoms with Crippen molar-refractivity contribution in [3.05, 3.63) is 35.1 Å². The first kappa shape index (κ1) is 17.1. The van der Waals surface area contributed by atoms with Crippen LogP contribution in [0.5, 0.6) is 0 Å². The zero-order chi connectivity index (χ0) is 13.2. The van der Waals surface area contributed by atoms with Crippen LogP contribution >= 0.6 is 12.4 Å². The van der Waals surface area contributed by atoms with Crippen LogP contribution in [0.4, 0.5) is 26.3 Å². The van der Waals surface area contributed by atoms with Gasteiger partial charge in [0.15, 0.2) is 0 Å². The number of benzene rings is 1. The van der Waals surface area contributed by atoms with Gasteiger partial charge in [0.1, 0.15) is 5.82 Å². The molecule has 104 valence electrons. The summed E-state index contributed by atoms with van der Waals surface area (Å²) in [7, 11) is 0. The zero-order valence-corrected chi connectivity index (χ0v) is 9.66. The van der Waals surface area contributed by atoms with Crippen LogP contribution in [-0.2, 0) is 6.18 Å². The van der Waals surface area contributed by atoms with Crippen LogP contribution < -0.4 is 5.73 Å². The fraction of sp³-hybridized carbons (Fsp3) is 0.400. The van der Waals surface area contributed by atoms with E-state index in [0.29, 0.717) is 6.07 Å². The molecule has 0 saturated carbocycles. The van der Waals surface area contributed by atoms with Crippen LogP contribution in [0.1, 0.15) is 23.6 Å². The lowest BCUT2D eigenvalue weighted by Gasteiger charge is -2.14. The molecule has 1 aromatic carbocycles. The first-order chi connectivity index (χ1) is 7.71. The summed E-state index contributed by atoms with van der Waals surface area (Å²) in [6.07, 6.45) is -8.22. The van der Waals surface area contributed by atoms with Crippen LogP contribution in [0.15, 0.2) is 18.2 Å². The quantitative estimate of drug-likeness (QED) is 0.840. The molecule has 1 atom stereocenters. The molecule has 0 bridgehead atoms. The van der Waals surface area contributed by atoms with Gasteiger partial charge in [-0.3, -0.25) is 0 Å². The van der Waals surface area contributed by atoms with Crippen LogP contribution in [0.2, 0.25) is 0 Å². The second-order valence-electron chi connectivity index (χ2n) is 3.47. The van der Waals surface area contributed by atoms with Crippen molar-refractivity contribution in [3.8, 4) is 0 Å². The SMILES string of the molecule is Cl.N[C@H](CC(F)F)c1ccc(C(F)(F)F)cc1F. The number of nitrogens with two attached hydrogens (primary N) is 1. The highest BCUT2D eigenvalue weighted by molar-refractivity contribution is 5.85. The van der Waals surface area contributed by atoms with Gasteiger partial charge in [0.2, 0.25) is 6.43 Å². The molecule has 8 heteroatoms. The van der Waals surface area contributed by atoms with Crippen LogP contribution in [-0.4, -0.2) is 6.43 Å². The standard InChI is InChI=1S/C10H9F6N.ClH/c11-7-3-5(10(14,15)16)1-2-6(7)8(17)4-9(12)13;/h1-3,8-9H,4,17H2;1H/t8-;/m1./s1. The van der Waals surface area contributed by atoms with E-state index in [1.807, 2.05) is 0 Å². The van der Waals surface area contributed by atoms with Gasteiger partial charge in [-0.2, -0.15) is 13.2 Å². The van der Waals surface area contributed by atoms with E-state index in [4.69, 9.17) is 5.73 Å². The first-order valence-electron chi connectivity index (χ1n) is 4.62. The summed E-state index contributed by atoms with van der Waals surface area (Å²) in [5, 5.41) is 0. The Morgan fingerprint density at radius 2 is 1.72 bits per heavy atom. The Bertz CT molecular complexity index is 392. The molecule has 0 radical (unpaired) electrons. The minimum atomic E-state index is -4.67. The van der Waals surface area contributed by atoms with Gasteiger partial charge < -0.3 is 5.73 Å². The monoisotopic (exact) mass is 293 g/mol. The van der Waals surface area contributed by atoms with Crippen molar-refractivity contribution >= 4 is 12.4 Å². The fourth-order valence-corrected chi connectivity index (χ4v) is 1.32. The molecular weight excluding hydrogens is 284 g/mol. The third-order valence-electron chi connectivity index (χ3n) is 2.16. The smallest absolute Gasteiger partial charge is 0.324 e. The molecule has 0 heterocycles. The van der Waals surface area contributed by atoms with E-state index in [0.717, 1.165) is 6.07 Å². The molecule has 0 aliphatic carbocycles. The normalized spacial score (nSPS) is 13.3. The number of hydrogen-bond acceptors (Lipinski definition) is 1. The summed E-state index contributed by atoms with van der Waals surface area (Å²) in [5.41, 5.74) is 3.73. The van der Waals surface area contributed by atoms with Gasteiger partial charge in [-0.1, -0.05) is 6.07 Å². The van der Waals surface area contributed by atoms with Gasteiger partial charge in [0.25, 0.3) is 0 Å². The number of halogens is 7. The van der Waals surface area contributed by atoms with Gasteiger partial charge in [0.05, 0.1) is 5.56 Å². The molecule has 0 spiro atoms. The number of hydrogen-bond donors (Lipinski definition) is 1. The first-order valence-corrected chi connectivity index (χ1v) is 4.62. The molecule has 1 aromatic rings. The van der Waals surface area contributed by atoms with E-state index in [1.165, 1.54) is 0 Å². The summed E-state index contributed by atoms with van der Waals surface area (Å²) in [6.45, 7) is 0. The summed E-state index contributed by atoms with van der Waals surface area (Å²) >= 11 is 0. The Kier molecular flexibility index (Phi) is 5.95. The van der Waals surface area contributed by atoms with Crippen LogP contribution in [0.25, 0.3) is 0 Å². The summed E-state index contributed by atoms with van der Waals surface area (Å²) < 4.78 is 73.8. The molecule has 1 rings (SSSR count). The minimum absolute atomic E-state index is 0. The Hall–Kier alpha value is -0.950. The zero-order valence-electron chi connectivity index (χ0n) is 8.85. The lowest BCUT2D eigenvalue weighted by molar-refractivity contribution is -0.137.